The molecule has 1 rings (SSSR count). The number of thioether (sulfide) groups is 1. The topological polar surface area (TPSA) is 64.6 Å². The first-order valence-electron chi connectivity index (χ1n) is 5.55. The van der Waals surface area contributed by atoms with Crippen molar-refractivity contribution in [3.05, 3.63) is 11.8 Å². The van der Waals surface area contributed by atoms with E-state index in [-0.39, 0.29) is 18.0 Å². The second kappa shape index (κ2) is 7.21. The quantitative estimate of drug-likeness (QED) is 0.592. The van der Waals surface area contributed by atoms with Crippen molar-refractivity contribution in [2.75, 3.05) is 24.7 Å². The van der Waals surface area contributed by atoms with E-state index in [1.807, 2.05) is 0 Å². The van der Waals surface area contributed by atoms with Crippen LogP contribution in [0.15, 0.2) is 11.8 Å². The molecular formula is C11H17NO4S. The van der Waals surface area contributed by atoms with Crippen molar-refractivity contribution < 1.29 is 19.1 Å². The van der Waals surface area contributed by atoms with Crippen molar-refractivity contribution in [2.24, 2.45) is 0 Å². The highest BCUT2D eigenvalue weighted by molar-refractivity contribution is 7.99. The van der Waals surface area contributed by atoms with Gasteiger partial charge in [0.15, 0.2) is 0 Å². The molecule has 0 spiro atoms. The van der Waals surface area contributed by atoms with Crippen molar-refractivity contribution in [1.82, 2.24) is 5.32 Å². The van der Waals surface area contributed by atoms with E-state index in [4.69, 9.17) is 9.47 Å². The highest BCUT2D eigenvalue weighted by atomic mass is 32.2. The minimum atomic E-state index is -0.389. The van der Waals surface area contributed by atoms with Gasteiger partial charge in [-0.15, -0.1) is 0 Å². The largest absolute Gasteiger partial charge is 0.464 e. The van der Waals surface area contributed by atoms with E-state index >= 15 is 0 Å². The van der Waals surface area contributed by atoms with Crippen LogP contribution in [0.1, 0.15) is 13.8 Å². The Morgan fingerprint density at radius 1 is 1.41 bits per heavy atom. The molecule has 1 saturated heterocycles. The molecule has 0 aromatic carbocycles. The first kappa shape index (κ1) is 13.9. The van der Waals surface area contributed by atoms with Gasteiger partial charge in [-0.3, -0.25) is 0 Å². The number of nitrogens with one attached hydrogen (secondary N) is 1. The average Bonchev–Trinajstić information content (AvgIpc) is 2.30. The molecule has 1 heterocycles. The van der Waals surface area contributed by atoms with E-state index in [9.17, 15) is 9.59 Å². The molecule has 0 aromatic heterocycles. The molecule has 6 heteroatoms. The number of rotatable bonds is 4. The van der Waals surface area contributed by atoms with Crippen LogP contribution in [0.25, 0.3) is 0 Å². The van der Waals surface area contributed by atoms with E-state index in [0.29, 0.717) is 30.4 Å². The number of hydrogen-bond acceptors (Lipinski definition) is 6. The maximum absolute atomic E-state index is 11.5. The third-order valence-electron chi connectivity index (χ3n) is 2.05. The smallest absolute Gasteiger partial charge is 0.332 e. The zero-order valence-corrected chi connectivity index (χ0v) is 10.8. The molecule has 96 valence electrons. The van der Waals surface area contributed by atoms with Crippen LogP contribution < -0.4 is 5.32 Å². The van der Waals surface area contributed by atoms with E-state index < -0.39 is 0 Å². The number of hydrogen-bond donors (Lipinski definition) is 1. The monoisotopic (exact) mass is 259 g/mol. The first-order valence-corrected chi connectivity index (χ1v) is 6.71. The van der Waals surface area contributed by atoms with E-state index in [1.165, 1.54) is 6.08 Å². The Morgan fingerprint density at radius 3 is 2.76 bits per heavy atom. The summed E-state index contributed by atoms with van der Waals surface area (Å²) in [5.74, 6) is 0.655. The van der Waals surface area contributed by atoms with Crippen LogP contribution in [0, 0.1) is 0 Å². The molecule has 1 N–H and O–H groups in total. The zero-order valence-electron chi connectivity index (χ0n) is 10.0. The molecule has 0 aromatic rings. The molecule has 0 unspecified atom stereocenters. The summed E-state index contributed by atoms with van der Waals surface area (Å²) in [6, 6.07) is -0.380. The minimum Gasteiger partial charge on any atom is -0.464 e. The van der Waals surface area contributed by atoms with Gasteiger partial charge < -0.3 is 14.8 Å². The third kappa shape index (κ3) is 4.68. The molecule has 0 saturated carbocycles. The highest BCUT2D eigenvalue weighted by Gasteiger charge is 2.24. The van der Waals surface area contributed by atoms with E-state index in [0.717, 1.165) is 0 Å². The lowest BCUT2D eigenvalue weighted by molar-refractivity contribution is -0.145. The number of carbonyl (C=O) groups excluding carboxylic acids is 2. The fourth-order valence-electron chi connectivity index (χ4n) is 1.37. The summed E-state index contributed by atoms with van der Waals surface area (Å²) in [5, 5.41) is 2.99. The van der Waals surface area contributed by atoms with Crippen LogP contribution in [0.5, 0.6) is 0 Å². The number of ether oxygens (including phenoxy) is 2. The van der Waals surface area contributed by atoms with Gasteiger partial charge in [0.1, 0.15) is 6.04 Å². The van der Waals surface area contributed by atoms with Gasteiger partial charge in [0.05, 0.1) is 13.2 Å². The standard InChI is InChI=1S/C11H17NO4S/c1-3-15-10(13)5-8-6-17-7-9(12-8)11(14)16-4-2/h5,9,12H,3-4,6-7H2,1-2H3/b8-5+/t9-/m0/s1. The summed E-state index contributed by atoms with van der Waals surface area (Å²) in [6.07, 6.45) is 1.39. The molecule has 0 aliphatic carbocycles. The normalized spacial score (nSPS) is 21.8. The molecule has 1 aliphatic rings. The molecule has 5 nitrogen and oxygen atoms in total. The fourth-order valence-corrected chi connectivity index (χ4v) is 2.33. The van der Waals surface area contributed by atoms with E-state index in [1.54, 1.807) is 25.6 Å². The van der Waals surface area contributed by atoms with Gasteiger partial charge in [-0.05, 0) is 13.8 Å². The Morgan fingerprint density at radius 2 is 2.12 bits per heavy atom. The summed E-state index contributed by atoms with van der Waals surface area (Å²) in [5.41, 5.74) is 0.706. The van der Waals surface area contributed by atoms with Gasteiger partial charge in [0.25, 0.3) is 0 Å². The summed E-state index contributed by atoms with van der Waals surface area (Å²) in [4.78, 5) is 22.8. The number of carbonyl (C=O) groups is 2. The lowest BCUT2D eigenvalue weighted by Crippen LogP contribution is -2.43. The predicted molar refractivity (Wildman–Crippen MR) is 65.6 cm³/mol. The lowest BCUT2D eigenvalue weighted by Gasteiger charge is -2.24. The molecule has 1 fully saturated rings. The molecule has 0 radical (unpaired) electrons. The second-order valence-corrected chi connectivity index (χ2v) is 4.42. The molecule has 0 amide bonds. The lowest BCUT2D eigenvalue weighted by atomic mass is 10.3. The van der Waals surface area contributed by atoms with Gasteiger partial charge in [-0.1, -0.05) is 0 Å². The molecule has 1 aliphatic heterocycles. The summed E-state index contributed by atoms with van der Waals surface area (Å²) in [7, 11) is 0. The highest BCUT2D eigenvalue weighted by Crippen LogP contribution is 2.16. The predicted octanol–water partition coefficient (Wildman–Crippen LogP) is 0.701. The summed E-state index contributed by atoms with van der Waals surface area (Å²) < 4.78 is 9.73. The second-order valence-electron chi connectivity index (χ2n) is 3.39. The van der Waals surface area contributed by atoms with Crippen molar-refractivity contribution in [1.29, 1.82) is 0 Å². The van der Waals surface area contributed by atoms with Crippen molar-refractivity contribution in [3.63, 3.8) is 0 Å². The van der Waals surface area contributed by atoms with Gasteiger partial charge in [-0.25, -0.2) is 9.59 Å². The van der Waals surface area contributed by atoms with E-state index in [2.05, 4.69) is 5.32 Å². The van der Waals surface area contributed by atoms with Crippen LogP contribution in [-0.4, -0.2) is 42.7 Å². The van der Waals surface area contributed by atoms with Crippen molar-refractivity contribution in [3.8, 4) is 0 Å². The molecule has 1 atom stereocenters. The van der Waals surface area contributed by atoms with Crippen LogP contribution in [0.3, 0.4) is 0 Å². The first-order chi connectivity index (χ1) is 8.17. The Hall–Kier alpha value is -1.17. The maximum Gasteiger partial charge on any atom is 0.332 e. The van der Waals surface area contributed by atoms with Crippen LogP contribution in [0.4, 0.5) is 0 Å². The fraction of sp³-hybridized carbons (Fsp3) is 0.636. The van der Waals surface area contributed by atoms with Crippen molar-refractivity contribution >= 4 is 23.7 Å². The van der Waals surface area contributed by atoms with Gasteiger partial charge in [0.2, 0.25) is 0 Å². The average molecular weight is 259 g/mol. The Labute approximate surface area is 105 Å². The summed E-state index contributed by atoms with van der Waals surface area (Å²) in [6.45, 7) is 4.22. The van der Waals surface area contributed by atoms with Gasteiger partial charge in [0, 0.05) is 23.3 Å². The van der Waals surface area contributed by atoms with Crippen molar-refractivity contribution in [2.45, 2.75) is 19.9 Å². The maximum atomic E-state index is 11.5. The Balaban J connectivity index is 2.54. The SMILES string of the molecule is CCOC(=O)/C=C1\CSC[C@@H](C(=O)OCC)N1. The number of esters is 2. The third-order valence-corrected chi connectivity index (χ3v) is 3.14. The Kier molecular flexibility index (Phi) is 5.90. The van der Waals surface area contributed by atoms with Gasteiger partial charge >= 0.3 is 11.9 Å². The zero-order chi connectivity index (χ0) is 12.7. The van der Waals surface area contributed by atoms with Gasteiger partial charge in [-0.2, -0.15) is 11.8 Å². The summed E-state index contributed by atoms with van der Waals surface area (Å²) >= 11 is 1.59. The molecule has 17 heavy (non-hydrogen) atoms. The minimum absolute atomic E-state index is 0.283. The Bertz CT molecular complexity index is 317. The van der Waals surface area contributed by atoms with Crippen LogP contribution in [0.2, 0.25) is 0 Å². The molecular weight excluding hydrogens is 242 g/mol. The van der Waals surface area contributed by atoms with Crippen LogP contribution >= 0.6 is 11.8 Å². The van der Waals surface area contributed by atoms with Crippen LogP contribution in [-0.2, 0) is 19.1 Å². The molecule has 0 bridgehead atoms.